The summed E-state index contributed by atoms with van der Waals surface area (Å²) in [5.74, 6) is -0.363. The number of anilines is 1. The van der Waals surface area contributed by atoms with Gasteiger partial charge in [-0.2, -0.15) is 0 Å². The zero-order valence-electron chi connectivity index (χ0n) is 10.1. The normalized spacial score (nSPS) is 10.8. The van der Waals surface area contributed by atoms with Gasteiger partial charge >= 0.3 is 5.97 Å². The number of nitrogens with one attached hydrogen (secondary N) is 1. The third-order valence-corrected chi connectivity index (χ3v) is 2.93. The van der Waals surface area contributed by atoms with Crippen LogP contribution in [-0.2, 0) is 4.74 Å². The maximum atomic E-state index is 10.8. The first kappa shape index (κ1) is 13.9. The summed E-state index contributed by atoms with van der Waals surface area (Å²) in [7, 11) is 0. The number of rotatable bonds is 8. The minimum absolute atomic E-state index is 0.0807. The van der Waals surface area contributed by atoms with E-state index in [1.54, 1.807) is 0 Å². The highest BCUT2D eigenvalue weighted by atomic mass is 32.1. The van der Waals surface area contributed by atoms with Crippen molar-refractivity contribution >= 4 is 22.3 Å². The van der Waals surface area contributed by atoms with Gasteiger partial charge in [-0.05, 0) is 12.3 Å². The van der Waals surface area contributed by atoms with Crippen LogP contribution in [0.3, 0.4) is 0 Å². The molecule has 1 heterocycles. The van der Waals surface area contributed by atoms with E-state index in [1.165, 1.54) is 16.8 Å². The lowest BCUT2D eigenvalue weighted by molar-refractivity contribution is 0.0692. The van der Waals surface area contributed by atoms with Crippen molar-refractivity contribution in [3.63, 3.8) is 0 Å². The molecule has 0 aliphatic rings. The molecule has 17 heavy (non-hydrogen) atoms. The van der Waals surface area contributed by atoms with Crippen molar-refractivity contribution in [1.82, 2.24) is 4.98 Å². The molecule has 0 aromatic carbocycles. The lowest BCUT2D eigenvalue weighted by Crippen LogP contribution is -2.12. The van der Waals surface area contributed by atoms with Crippen LogP contribution in [0.4, 0.5) is 5.00 Å². The Labute approximate surface area is 105 Å². The molecular formula is C11H18N2O3S. The Balaban J connectivity index is 2.18. The second kappa shape index (κ2) is 7.24. The molecule has 0 saturated carbocycles. The molecule has 5 nitrogen and oxygen atoms in total. The average molecular weight is 258 g/mol. The van der Waals surface area contributed by atoms with E-state index >= 15 is 0 Å². The molecular weight excluding hydrogens is 240 g/mol. The van der Waals surface area contributed by atoms with Gasteiger partial charge in [0, 0.05) is 13.2 Å². The van der Waals surface area contributed by atoms with Crippen LogP contribution in [0.5, 0.6) is 0 Å². The summed E-state index contributed by atoms with van der Waals surface area (Å²) < 4.78 is 5.42. The molecule has 0 fully saturated rings. The van der Waals surface area contributed by atoms with Crippen LogP contribution in [-0.4, -0.2) is 35.8 Å². The minimum atomic E-state index is -1.01. The van der Waals surface area contributed by atoms with Gasteiger partial charge in [0.25, 0.3) is 0 Å². The highest BCUT2D eigenvalue weighted by Crippen LogP contribution is 2.19. The Morgan fingerprint density at radius 1 is 1.59 bits per heavy atom. The maximum Gasteiger partial charge on any atom is 0.357 e. The van der Waals surface area contributed by atoms with E-state index in [-0.39, 0.29) is 5.69 Å². The fourth-order valence-corrected chi connectivity index (χ4v) is 1.88. The van der Waals surface area contributed by atoms with Gasteiger partial charge in [-0.25, -0.2) is 9.78 Å². The predicted octanol–water partition coefficient (Wildman–Crippen LogP) is 2.32. The molecule has 6 heteroatoms. The van der Waals surface area contributed by atoms with Gasteiger partial charge in [-0.15, -0.1) is 11.3 Å². The van der Waals surface area contributed by atoms with E-state index in [2.05, 4.69) is 24.1 Å². The Bertz CT molecular complexity index is 352. The summed E-state index contributed by atoms with van der Waals surface area (Å²) in [5, 5.41) is 12.4. The van der Waals surface area contributed by atoms with Crippen LogP contribution in [0.15, 0.2) is 5.51 Å². The second-order valence-electron chi connectivity index (χ2n) is 4.06. The summed E-state index contributed by atoms with van der Waals surface area (Å²) in [6, 6.07) is 0. The van der Waals surface area contributed by atoms with Crippen LogP contribution in [0.2, 0.25) is 0 Å². The third-order valence-electron chi connectivity index (χ3n) is 2.14. The Kier molecular flexibility index (Phi) is 5.93. The summed E-state index contributed by atoms with van der Waals surface area (Å²) in [4.78, 5) is 14.5. The topological polar surface area (TPSA) is 71.5 Å². The summed E-state index contributed by atoms with van der Waals surface area (Å²) >= 11 is 1.29. The molecule has 0 radical (unpaired) electrons. The molecule has 1 aromatic heterocycles. The molecule has 0 aliphatic heterocycles. The Morgan fingerprint density at radius 3 is 3.00 bits per heavy atom. The number of ether oxygens (including phenoxy) is 1. The molecule has 0 atom stereocenters. The van der Waals surface area contributed by atoms with Crippen LogP contribution in [0.1, 0.15) is 30.8 Å². The first-order valence-corrected chi connectivity index (χ1v) is 6.47. The van der Waals surface area contributed by atoms with E-state index < -0.39 is 5.97 Å². The highest BCUT2D eigenvalue weighted by molar-refractivity contribution is 7.14. The van der Waals surface area contributed by atoms with E-state index in [1.807, 2.05) is 0 Å². The molecule has 1 aromatic rings. The molecule has 0 bridgehead atoms. The number of aromatic carboxylic acids is 1. The quantitative estimate of drug-likeness (QED) is 0.700. The van der Waals surface area contributed by atoms with E-state index in [0.29, 0.717) is 24.1 Å². The van der Waals surface area contributed by atoms with Crippen molar-refractivity contribution in [2.75, 3.05) is 25.1 Å². The minimum Gasteiger partial charge on any atom is -0.476 e. The number of hydrogen-bond donors (Lipinski definition) is 2. The van der Waals surface area contributed by atoms with Gasteiger partial charge in [0.15, 0.2) is 5.69 Å². The van der Waals surface area contributed by atoms with Crippen LogP contribution in [0.25, 0.3) is 0 Å². The van der Waals surface area contributed by atoms with Gasteiger partial charge in [0.2, 0.25) is 0 Å². The van der Waals surface area contributed by atoms with E-state index in [4.69, 9.17) is 9.84 Å². The molecule has 96 valence electrons. The van der Waals surface area contributed by atoms with Crippen LogP contribution < -0.4 is 5.32 Å². The highest BCUT2D eigenvalue weighted by Gasteiger charge is 2.12. The van der Waals surface area contributed by atoms with Gasteiger partial charge in [0.1, 0.15) is 5.00 Å². The number of nitrogens with zero attached hydrogens (tertiary/aromatic N) is 1. The summed E-state index contributed by atoms with van der Waals surface area (Å²) in [6.45, 7) is 6.22. The SMILES string of the molecule is CC(C)CCOCCNc1scnc1C(=O)O. The smallest absolute Gasteiger partial charge is 0.357 e. The molecule has 0 aliphatic carbocycles. The molecule has 0 spiro atoms. The standard InChI is InChI=1S/C11H18N2O3S/c1-8(2)3-5-16-6-4-12-10-9(11(14)15)13-7-17-10/h7-8,12H,3-6H2,1-2H3,(H,14,15). The number of aromatic nitrogens is 1. The second-order valence-corrected chi connectivity index (χ2v) is 4.91. The Hall–Kier alpha value is -1.14. The van der Waals surface area contributed by atoms with Crippen molar-refractivity contribution in [1.29, 1.82) is 0 Å². The number of carboxylic acids is 1. The Morgan fingerprint density at radius 2 is 2.35 bits per heavy atom. The first-order valence-electron chi connectivity index (χ1n) is 5.59. The van der Waals surface area contributed by atoms with Gasteiger partial charge in [-0.3, -0.25) is 0 Å². The van der Waals surface area contributed by atoms with Crippen LogP contribution >= 0.6 is 11.3 Å². The van der Waals surface area contributed by atoms with Crippen molar-refractivity contribution in [2.24, 2.45) is 5.92 Å². The van der Waals surface area contributed by atoms with Crippen molar-refractivity contribution in [3.8, 4) is 0 Å². The largest absolute Gasteiger partial charge is 0.476 e. The molecule has 0 saturated heterocycles. The van der Waals surface area contributed by atoms with Crippen molar-refractivity contribution < 1.29 is 14.6 Å². The maximum absolute atomic E-state index is 10.8. The lowest BCUT2D eigenvalue weighted by atomic mass is 10.1. The van der Waals surface area contributed by atoms with Gasteiger partial charge < -0.3 is 15.2 Å². The summed E-state index contributed by atoms with van der Waals surface area (Å²) in [5.41, 5.74) is 1.60. The lowest BCUT2D eigenvalue weighted by Gasteiger charge is -2.07. The van der Waals surface area contributed by atoms with Gasteiger partial charge in [-0.1, -0.05) is 13.8 Å². The fraction of sp³-hybridized carbons (Fsp3) is 0.636. The number of thiazole rings is 1. The average Bonchev–Trinajstić information content (AvgIpc) is 2.71. The number of carboxylic acid groups (broad SMARTS) is 1. The zero-order valence-corrected chi connectivity index (χ0v) is 10.9. The van der Waals surface area contributed by atoms with Gasteiger partial charge in [0.05, 0.1) is 12.1 Å². The van der Waals surface area contributed by atoms with Crippen molar-refractivity contribution in [3.05, 3.63) is 11.2 Å². The first-order chi connectivity index (χ1) is 8.11. The van der Waals surface area contributed by atoms with E-state index in [0.717, 1.165) is 13.0 Å². The summed E-state index contributed by atoms with van der Waals surface area (Å²) in [6.07, 6.45) is 1.04. The molecule has 2 N–H and O–H groups in total. The fourth-order valence-electron chi connectivity index (χ4n) is 1.18. The molecule has 0 unspecified atom stereocenters. The predicted molar refractivity (Wildman–Crippen MR) is 67.8 cm³/mol. The monoisotopic (exact) mass is 258 g/mol. The molecule has 1 rings (SSSR count). The number of carbonyl (C=O) groups is 1. The third kappa shape index (κ3) is 5.14. The molecule has 0 amide bonds. The van der Waals surface area contributed by atoms with E-state index in [9.17, 15) is 4.79 Å². The number of hydrogen-bond acceptors (Lipinski definition) is 5. The van der Waals surface area contributed by atoms with Crippen molar-refractivity contribution in [2.45, 2.75) is 20.3 Å². The zero-order chi connectivity index (χ0) is 12.7. The van der Waals surface area contributed by atoms with Crippen LogP contribution in [0, 0.1) is 5.92 Å².